The van der Waals surface area contributed by atoms with Crippen molar-refractivity contribution in [2.45, 2.75) is 12.3 Å². The molecule has 0 heterocycles. The number of rotatable bonds is 6. The van der Waals surface area contributed by atoms with E-state index >= 15 is 0 Å². The van der Waals surface area contributed by atoms with E-state index in [9.17, 15) is 23.1 Å². The van der Waals surface area contributed by atoms with Crippen LogP contribution in [0.5, 0.6) is 5.75 Å². The number of nitrogens with zero attached hydrogens (tertiary/aromatic N) is 1. The van der Waals surface area contributed by atoms with E-state index < -0.39 is 17.8 Å². The minimum atomic E-state index is -4.41. The molecule has 0 aliphatic carbocycles. The zero-order valence-corrected chi connectivity index (χ0v) is 15.3. The van der Waals surface area contributed by atoms with Crippen LogP contribution in [0.3, 0.4) is 0 Å². The summed E-state index contributed by atoms with van der Waals surface area (Å²) < 4.78 is 42.7. The first-order chi connectivity index (χ1) is 12.2. The molecule has 0 saturated carbocycles. The summed E-state index contributed by atoms with van der Waals surface area (Å²) in [7, 11) is 1.53. The van der Waals surface area contributed by atoms with Gasteiger partial charge in [0.1, 0.15) is 18.5 Å². The minimum absolute atomic E-state index is 0. The molecule has 9 heteroatoms. The van der Waals surface area contributed by atoms with Gasteiger partial charge in [-0.3, -0.25) is 4.79 Å². The second kappa shape index (κ2) is 9.48. The van der Waals surface area contributed by atoms with Crippen molar-refractivity contribution in [1.29, 1.82) is 0 Å². The van der Waals surface area contributed by atoms with Gasteiger partial charge in [0.05, 0.1) is 5.56 Å². The Morgan fingerprint density at radius 2 is 1.70 bits per heavy atom. The van der Waals surface area contributed by atoms with Gasteiger partial charge in [0, 0.05) is 24.8 Å². The van der Waals surface area contributed by atoms with E-state index in [2.05, 4.69) is 0 Å². The second-order valence-corrected chi connectivity index (χ2v) is 5.79. The van der Waals surface area contributed by atoms with E-state index in [1.165, 1.54) is 24.1 Å². The Bertz CT molecular complexity index is 737. The van der Waals surface area contributed by atoms with Gasteiger partial charge in [0.2, 0.25) is 0 Å². The van der Waals surface area contributed by atoms with Crippen molar-refractivity contribution in [3.8, 4) is 5.75 Å². The monoisotopic (exact) mass is 404 g/mol. The van der Waals surface area contributed by atoms with Gasteiger partial charge in [-0.15, -0.1) is 12.4 Å². The average molecular weight is 405 g/mol. The Kier molecular flexibility index (Phi) is 7.93. The van der Waals surface area contributed by atoms with Crippen LogP contribution in [0, 0.1) is 0 Å². The maximum atomic E-state index is 12.5. The molecule has 0 aromatic heterocycles. The summed E-state index contributed by atoms with van der Waals surface area (Å²) in [6.45, 7) is -0.158. The third-order valence-electron chi connectivity index (χ3n) is 3.61. The molecule has 0 aliphatic rings. The summed E-state index contributed by atoms with van der Waals surface area (Å²) in [6.07, 6.45) is -5.41. The molecule has 148 valence electrons. The van der Waals surface area contributed by atoms with Crippen molar-refractivity contribution in [3.63, 3.8) is 0 Å². The Labute approximate surface area is 160 Å². The van der Waals surface area contributed by atoms with Crippen molar-refractivity contribution < 1.29 is 27.8 Å². The van der Waals surface area contributed by atoms with Crippen LogP contribution in [0.2, 0.25) is 0 Å². The zero-order valence-electron chi connectivity index (χ0n) is 14.4. The van der Waals surface area contributed by atoms with Crippen molar-refractivity contribution in [3.05, 3.63) is 59.7 Å². The lowest BCUT2D eigenvalue weighted by atomic mass is 10.2. The van der Waals surface area contributed by atoms with Crippen molar-refractivity contribution in [2.75, 3.05) is 25.9 Å². The quantitative estimate of drug-likeness (QED) is 0.725. The highest BCUT2D eigenvalue weighted by Crippen LogP contribution is 2.30. The lowest BCUT2D eigenvalue weighted by Gasteiger charge is -2.21. The van der Waals surface area contributed by atoms with E-state index in [1.54, 1.807) is 24.3 Å². The number of hydrogen-bond donors (Lipinski definition) is 2. The number of hydrogen-bond acceptors (Lipinski definition) is 4. The standard InChI is InChI=1S/C18H19F3N2O3.ClH/c1-23(17(25)12-2-6-14(22)7-3-12)10-15(24)11-26-16-8-4-13(5-9-16)18(19,20)21;/h2-9,15,24H,10-11,22H2,1H3;1H. The first-order valence-electron chi connectivity index (χ1n) is 7.76. The number of aliphatic hydroxyl groups is 1. The molecular formula is C18H20ClF3N2O3. The number of nitrogen functional groups attached to an aromatic ring is 1. The maximum Gasteiger partial charge on any atom is 0.416 e. The summed E-state index contributed by atoms with van der Waals surface area (Å²) in [5.74, 6) is -0.0943. The van der Waals surface area contributed by atoms with Gasteiger partial charge in [0.25, 0.3) is 5.91 Å². The van der Waals surface area contributed by atoms with Crippen molar-refractivity contribution in [2.24, 2.45) is 0 Å². The molecule has 0 fully saturated rings. The van der Waals surface area contributed by atoms with E-state index in [0.29, 0.717) is 11.3 Å². The Morgan fingerprint density at radius 1 is 1.15 bits per heavy atom. The third-order valence-corrected chi connectivity index (χ3v) is 3.61. The zero-order chi connectivity index (χ0) is 19.3. The van der Waals surface area contributed by atoms with Crippen LogP contribution in [0.25, 0.3) is 0 Å². The molecule has 1 unspecified atom stereocenters. The van der Waals surface area contributed by atoms with Gasteiger partial charge in [-0.05, 0) is 48.5 Å². The fraction of sp³-hybridized carbons (Fsp3) is 0.278. The molecule has 2 aromatic carbocycles. The van der Waals surface area contributed by atoms with Crippen LogP contribution < -0.4 is 10.5 Å². The number of aliphatic hydroxyl groups excluding tert-OH is 1. The summed E-state index contributed by atoms with van der Waals surface area (Å²) in [4.78, 5) is 13.5. The number of alkyl halides is 3. The lowest BCUT2D eigenvalue weighted by molar-refractivity contribution is -0.137. The molecule has 0 aliphatic heterocycles. The van der Waals surface area contributed by atoms with Crippen LogP contribution >= 0.6 is 12.4 Å². The molecule has 27 heavy (non-hydrogen) atoms. The van der Waals surface area contributed by atoms with Gasteiger partial charge in [-0.25, -0.2) is 0 Å². The average Bonchev–Trinajstić information content (AvgIpc) is 2.59. The number of carbonyl (C=O) groups excluding carboxylic acids is 1. The molecule has 0 saturated heterocycles. The fourth-order valence-electron chi connectivity index (χ4n) is 2.23. The van der Waals surface area contributed by atoms with Gasteiger partial charge in [-0.2, -0.15) is 13.2 Å². The summed E-state index contributed by atoms with van der Waals surface area (Å²) in [5.41, 5.74) is 5.75. The summed E-state index contributed by atoms with van der Waals surface area (Å²) >= 11 is 0. The molecule has 3 N–H and O–H groups in total. The summed E-state index contributed by atoms with van der Waals surface area (Å²) in [6, 6.07) is 10.5. The molecule has 2 aromatic rings. The van der Waals surface area contributed by atoms with Crippen LogP contribution in [-0.4, -0.2) is 42.2 Å². The van der Waals surface area contributed by atoms with Gasteiger partial charge in [0.15, 0.2) is 0 Å². The van der Waals surface area contributed by atoms with E-state index in [1.807, 2.05) is 0 Å². The van der Waals surface area contributed by atoms with Gasteiger partial charge >= 0.3 is 6.18 Å². The molecule has 1 amide bonds. The fourth-order valence-corrected chi connectivity index (χ4v) is 2.23. The SMILES string of the molecule is CN(CC(O)COc1ccc(C(F)(F)F)cc1)C(=O)c1ccc(N)cc1.Cl. The molecule has 0 radical (unpaired) electrons. The Morgan fingerprint density at radius 3 is 2.22 bits per heavy atom. The van der Waals surface area contributed by atoms with Gasteiger partial charge in [-0.1, -0.05) is 0 Å². The number of anilines is 1. The van der Waals surface area contributed by atoms with E-state index in [4.69, 9.17) is 10.5 Å². The number of halogens is 4. The van der Waals surface area contributed by atoms with Crippen LogP contribution in [-0.2, 0) is 6.18 Å². The highest BCUT2D eigenvalue weighted by molar-refractivity contribution is 5.94. The highest BCUT2D eigenvalue weighted by Gasteiger charge is 2.30. The second-order valence-electron chi connectivity index (χ2n) is 5.79. The highest BCUT2D eigenvalue weighted by atomic mass is 35.5. The smallest absolute Gasteiger partial charge is 0.416 e. The van der Waals surface area contributed by atoms with Crippen LogP contribution in [0.15, 0.2) is 48.5 Å². The number of likely N-dealkylation sites (N-methyl/N-ethyl adjacent to an activating group) is 1. The first kappa shape index (κ1) is 22.6. The number of nitrogens with two attached hydrogens (primary N) is 1. The van der Waals surface area contributed by atoms with E-state index in [0.717, 1.165) is 12.1 Å². The predicted molar refractivity (Wildman–Crippen MR) is 98.0 cm³/mol. The van der Waals surface area contributed by atoms with E-state index in [-0.39, 0.29) is 37.2 Å². The molecule has 1 atom stereocenters. The molecular weight excluding hydrogens is 385 g/mol. The van der Waals surface area contributed by atoms with Crippen molar-refractivity contribution >= 4 is 24.0 Å². The largest absolute Gasteiger partial charge is 0.491 e. The van der Waals surface area contributed by atoms with Crippen molar-refractivity contribution in [1.82, 2.24) is 4.90 Å². The summed E-state index contributed by atoms with van der Waals surface area (Å²) in [5, 5.41) is 9.99. The predicted octanol–water partition coefficient (Wildman–Crippen LogP) is 3.22. The number of amides is 1. The van der Waals surface area contributed by atoms with Crippen LogP contribution in [0.4, 0.5) is 18.9 Å². The number of carbonyl (C=O) groups is 1. The lowest BCUT2D eigenvalue weighted by Crippen LogP contribution is -2.37. The first-order valence-corrected chi connectivity index (χ1v) is 7.76. The molecule has 5 nitrogen and oxygen atoms in total. The van der Waals surface area contributed by atoms with Gasteiger partial charge < -0.3 is 20.5 Å². The minimum Gasteiger partial charge on any atom is -0.491 e. The Balaban J connectivity index is 0.00000364. The number of benzene rings is 2. The normalized spacial score (nSPS) is 12.0. The topological polar surface area (TPSA) is 75.8 Å². The third kappa shape index (κ3) is 6.65. The maximum absolute atomic E-state index is 12.5. The Hall–Kier alpha value is -2.45. The molecule has 2 rings (SSSR count). The van der Waals surface area contributed by atoms with Crippen LogP contribution in [0.1, 0.15) is 15.9 Å². The number of ether oxygens (including phenoxy) is 1. The molecule has 0 bridgehead atoms. The molecule has 0 spiro atoms.